The summed E-state index contributed by atoms with van der Waals surface area (Å²) < 4.78 is 3.75. The maximum atomic E-state index is 11.7. The number of amides is 1. The summed E-state index contributed by atoms with van der Waals surface area (Å²) in [6, 6.07) is 0. The molecule has 0 fully saturated rings. The van der Waals surface area contributed by atoms with E-state index in [1.54, 1.807) is 0 Å². The van der Waals surface area contributed by atoms with Crippen molar-refractivity contribution in [3.63, 3.8) is 0 Å². The number of aryl methyl sites for hydroxylation is 1. The minimum atomic E-state index is -0.472. The van der Waals surface area contributed by atoms with Gasteiger partial charge in [0, 0.05) is 6.54 Å². The molecule has 0 aromatic carbocycles. The fourth-order valence-electron chi connectivity index (χ4n) is 1.34. The van der Waals surface area contributed by atoms with Crippen molar-refractivity contribution in [1.29, 1.82) is 0 Å². The van der Waals surface area contributed by atoms with E-state index in [0.717, 1.165) is 18.0 Å². The highest BCUT2D eigenvalue weighted by Gasteiger charge is 2.15. The van der Waals surface area contributed by atoms with Crippen LogP contribution in [-0.4, -0.2) is 33.2 Å². The van der Waals surface area contributed by atoms with Crippen LogP contribution in [0.1, 0.15) is 42.1 Å². The second-order valence-corrected chi connectivity index (χ2v) is 4.31. The van der Waals surface area contributed by atoms with E-state index in [1.165, 1.54) is 0 Å². The summed E-state index contributed by atoms with van der Waals surface area (Å²) in [7, 11) is 0. The number of nitrogens with one attached hydrogen (secondary N) is 1. The number of carbonyl (C=O) groups excluding carboxylic acids is 1. The fraction of sp³-hybridized carbons (Fsp3) is 0.700. The average molecular weight is 243 g/mol. The van der Waals surface area contributed by atoms with Gasteiger partial charge in [-0.05, 0) is 24.4 Å². The summed E-state index contributed by atoms with van der Waals surface area (Å²) >= 11 is 1.09. The van der Waals surface area contributed by atoms with Gasteiger partial charge < -0.3 is 10.4 Å². The van der Waals surface area contributed by atoms with Crippen LogP contribution in [-0.2, 0) is 6.42 Å². The SMILES string of the molecule is CCCC(O)CNC(=O)c1snnc1CC. The molecule has 0 saturated carbocycles. The highest BCUT2D eigenvalue weighted by atomic mass is 32.1. The minimum Gasteiger partial charge on any atom is -0.391 e. The van der Waals surface area contributed by atoms with E-state index in [4.69, 9.17) is 0 Å². The molecule has 5 nitrogen and oxygen atoms in total. The molecule has 1 amide bonds. The number of aliphatic hydroxyl groups is 1. The first-order chi connectivity index (χ1) is 7.69. The predicted molar refractivity (Wildman–Crippen MR) is 62.5 cm³/mol. The van der Waals surface area contributed by atoms with Crippen LogP contribution in [0.2, 0.25) is 0 Å². The third kappa shape index (κ3) is 3.53. The van der Waals surface area contributed by atoms with Gasteiger partial charge in [-0.1, -0.05) is 24.8 Å². The highest BCUT2D eigenvalue weighted by molar-refractivity contribution is 7.08. The molecule has 1 aromatic heterocycles. The molecule has 1 rings (SSSR count). The number of hydrogen-bond donors (Lipinski definition) is 2. The molecule has 0 aliphatic rings. The average Bonchev–Trinajstić information content (AvgIpc) is 2.74. The number of carbonyl (C=O) groups is 1. The molecule has 0 bridgehead atoms. The zero-order valence-electron chi connectivity index (χ0n) is 9.56. The Labute approximate surface area is 99.0 Å². The van der Waals surface area contributed by atoms with Crippen LogP contribution in [0.25, 0.3) is 0 Å². The molecule has 0 aliphatic heterocycles. The Morgan fingerprint density at radius 2 is 2.31 bits per heavy atom. The van der Waals surface area contributed by atoms with E-state index in [-0.39, 0.29) is 12.5 Å². The van der Waals surface area contributed by atoms with E-state index >= 15 is 0 Å². The van der Waals surface area contributed by atoms with E-state index in [2.05, 4.69) is 14.9 Å². The van der Waals surface area contributed by atoms with Crippen LogP contribution < -0.4 is 5.32 Å². The van der Waals surface area contributed by atoms with Crippen LogP contribution in [0.3, 0.4) is 0 Å². The van der Waals surface area contributed by atoms with Crippen LogP contribution in [0, 0.1) is 0 Å². The van der Waals surface area contributed by atoms with Crippen LogP contribution in [0.4, 0.5) is 0 Å². The largest absolute Gasteiger partial charge is 0.391 e. The fourth-order valence-corrected chi connectivity index (χ4v) is 2.01. The van der Waals surface area contributed by atoms with Gasteiger partial charge in [0.05, 0.1) is 11.8 Å². The molecule has 16 heavy (non-hydrogen) atoms. The normalized spacial score (nSPS) is 12.4. The van der Waals surface area contributed by atoms with Crippen LogP contribution in [0.5, 0.6) is 0 Å². The Morgan fingerprint density at radius 1 is 1.56 bits per heavy atom. The van der Waals surface area contributed by atoms with E-state index in [9.17, 15) is 9.90 Å². The van der Waals surface area contributed by atoms with Crippen molar-refractivity contribution in [3.05, 3.63) is 10.6 Å². The van der Waals surface area contributed by atoms with Crippen molar-refractivity contribution in [3.8, 4) is 0 Å². The van der Waals surface area contributed by atoms with Gasteiger partial charge in [0.2, 0.25) is 0 Å². The first-order valence-corrected chi connectivity index (χ1v) is 6.23. The molecule has 1 heterocycles. The van der Waals surface area contributed by atoms with Gasteiger partial charge in [0.15, 0.2) is 0 Å². The van der Waals surface area contributed by atoms with Gasteiger partial charge >= 0.3 is 0 Å². The molecule has 0 radical (unpaired) electrons. The number of aliphatic hydroxyl groups excluding tert-OH is 1. The van der Waals surface area contributed by atoms with Crippen molar-refractivity contribution < 1.29 is 9.90 Å². The Bertz CT molecular complexity index is 341. The van der Waals surface area contributed by atoms with Gasteiger partial charge in [-0.25, -0.2) is 0 Å². The smallest absolute Gasteiger partial charge is 0.265 e. The van der Waals surface area contributed by atoms with E-state index < -0.39 is 6.10 Å². The van der Waals surface area contributed by atoms with Crippen molar-refractivity contribution in [1.82, 2.24) is 14.9 Å². The van der Waals surface area contributed by atoms with Gasteiger partial charge in [-0.3, -0.25) is 4.79 Å². The zero-order chi connectivity index (χ0) is 12.0. The van der Waals surface area contributed by atoms with E-state index in [0.29, 0.717) is 23.4 Å². The highest BCUT2D eigenvalue weighted by Crippen LogP contribution is 2.10. The molecule has 90 valence electrons. The lowest BCUT2D eigenvalue weighted by Crippen LogP contribution is -2.32. The summed E-state index contributed by atoms with van der Waals surface area (Å²) in [4.78, 5) is 12.2. The molecule has 0 aliphatic carbocycles. The summed E-state index contributed by atoms with van der Waals surface area (Å²) in [6.45, 7) is 4.21. The van der Waals surface area contributed by atoms with Gasteiger partial charge in [0.1, 0.15) is 4.88 Å². The van der Waals surface area contributed by atoms with Crippen molar-refractivity contribution in [2.75, 3.05) is 6.54 Å². The summed E-state index contributed by atoms with van der Waals surface area (Å²) in [6.07, 6.45) is 1.82. The van der Waals surface area contributed by atoms with Crippen LogP contribution in [0.15, 0.2) is 0 Å². The lowest BCUT2D eigenvalue weighted by molar-refractivity contribution is 0.0913. The molecule has 2 N–H and O–H groups in total. The first kappa shape index (κ1) is 13.1. The second-order valence-electron chi connectivity index (χ2n) is 3.55. The third-order valence-corrected chi connectivity index (χ3v) is 2.98. The molecular formula is C10H17N3O2S. The maximum Gasteiger partial charge on any atom is 0.265 e. The third-order valence-electron chi connectivity index (χ3n) is 2.22. The Balaban J connectivity index is 2.46. The number of hydrogen-bond acceptors (Lipinski definition) is 5. The predicted octanol–water partition coefficient (Wildman–Crippen LogP) is 0.991. The molecular weight excluding hydrogens is 226 g/mol. The Kier molecular flexibility index (Phi) is 5.34. The molecule has 6 heteroatoms. The van der Waals surface area contributed by atoms with Crippen molar-refractivity contribution >= 4 is 17.4 Å². The van der Waals surface area contributed by atoms with Gasteiger partial charge in [0.25, 0.3) is 5.91 Å². The quantitative estimate of drug-likeness (QED) is 0.781. The molecule has 0 spiro atoms. The van der Waals surface area contributed by atoms with Gasteiger partial charge in [-0.15, -0.1) is 5.10 Å². The number of nitrogens with zero attached hydrogens (tertiary/aromatic N) is 2. The van der Waals surface area contributed by atoms with E-state index in [1.807, 2.05) is 13.8 Å². The molecule has 1 atom stereocenters. The topological polar surface area (TPSA) is 75.1 Å². The molecule has 1 unspecified atom stereocenters. The summed E-state index contributed by atoms with van der Waals surface area (Å²) in [5.74, 6) is -0.193. The lowest BCUT2D eigenvalue weighted by atomic mass is 10.2. The molecule has 0 saturated heterocycles. The first-order valence-electron chi connectivity index (χ1n) is 5.46. The number of rotatable bonds is 6. The van der Waals surface area contributed by atoms with Gasteiger partial charge in [-0.2, -0.15) is 0 Å². The Hall–Kier alpha value is -1.01. The van der Waals surface area contributed by atoms with Crippen molar-refractivity contribution in [2.45, 2.75) is 39.2 Å². The lowest BCUT2D eigenvalue weighted by Gasteiger charge is -2.09. The summed E-state index contributed by atoms with van der Waals surface area (Å²) in [5.41, 5.74) is 0.715. The second kappa shape index (κ2) is 6.55. The maximum absolute atomic E-state index is 11.7. The van der Waals surface area contributed by atoms with Crippen molar-refractivity contribution in [2.24, 2.45) is 0 Å². The van der Waals surface area contributed by atoms with Crippen LogP contribution >= 0.6 is 11.5 Å². The molecule has 1 aromatic rings. The number of aromatic nitrogens is 2. The zero-order valence-corrected chi connectivity index (χ0v) is 10.4. The standard InChI is InChI=1S/C10H17N3O2S/c1-3-5-7(14)6-11-10(15)9-8(4-2)12-13-16-9/h7,14H,3-6H2,1-2H3,(H,11,15). The minimum absolute atomic E-state index is 0.193. The summed E-state index contributed by atoms with van der Waals surface area (Å²) in [5, 5.41) is 16.0. The monoisotopic (exact) mass is 243 g/mol. The Morgan fingerprint density at radius 3 is 2.94 bits per heavy atom.